The summed E-state index contributed by atoms with van der Waals surface area (Å²) in [4.78, 5) is 14.3. The van der Waals surface area contributed by atoms with Crippen molar-refractivity contribution < 1.29 is 14.6 Å². The number of morpholine rings is 1. The zero-order valence-corrected chi connectivity index (χ0v) is 11.9. The number of carbonyl (C=O) groups is 1. The van der Waals surface area contributed by atoms with Crippen molar-refractivity contribution in [3.8, 4) is 0 Å². The van der Waals surface area contributed by atoms with Crippen LogP contribution in [0, 0.1) is 0 Å². The van der Waals surface area contributed by atoms with Gasteiger partial charge in [0.25, 0.3) is 0 Å². The Bertz CT molecular complexity index is 438. The van der Waals surface area contributed by atoms with E-state index in [2.05, 4.69) is 11.8 Å². The van der Waals surface area contributed by atoms with Gasteiger partial charge in [0.2, 0.25) is 0 Å². The minimum absolute atomic E-state index is 0.229. The minimum atomic E-state index is -0.881. The maximum Gasteiger partial charge on any atom is 0.335 e. The summed E-state index contributed by atoms with van der Waals surface area (Å²) in [6.07, 6.45) is 0.229. The van der Waals surface area contributed by atoms with E-state index in [1.807, 2.05) is 6.07 Å². The van der Waals surface area contributed by atoms with Gasteiger partial charge in [-0.25, -0.2) is 4.79 Å². The number of hydrogen-bond acceptors (Lipinski definition) is 4. The minimum Gasteiger partial charge on any atom is -0.478 e. The Balaban J connectivity index is 1.88. The highest BCUT2D eigenvalue weighted by atomic mass is 32.2. The van der Waals surface area contributed by atoms with E-state index in [1.54, 1.807) is 30.0 Å². The Morgan fingerprint density at radius 3 is 3.16 bits per heavy atom. The number of hydrogen-bond donors (Lipinski definition) is 1. The molecule has 1 saturated heterocycles. The number of ether oxygens (including phenoxy) is 1. The molecule has 1 heterocycles. The molecule has 0 aromatic heterocycles. The molecule has 5 heteroatoms. The van der Waals surface area contributed by atoms with Gasteiger partial charge in [-0.3, -0.25) is 4.90 Å². The number of likely N-dealkylation sites (N-methyl/N-ethyl adjacent to an activating group) is 1. The molecule has 1 fully saturated rings. The molecule has 1 unspecified atom stereocenters. The van der Waals surface area contributed by atoms with Gasteiger partial charge in [-0.2, -0.15) is 0 Å². The summed E-state index contributed by atoms with van der Waals surface area (Å²) in [6.45, 7) is 5.97. The average molecular weight is 281 g/mol. The molecule has 0 bridgehead atoms. The molecular weight excluding hydrogens is 262 g/mol. The topological polar surface area (TPSA) is 49.8 Å². The third-order valence-electron chi connectivity index (χ3n) is 3.19. The van der Waals surface area contributed by atoms with E-state index in [-0.39, 0.29) is 6.10 Å². The first-order chi connectivity index (χ1) is 9.19. The fraction of sp³-hybridized carbons (Fsp3) is 0.500. The van der Waals surface area contributed by atoms with Gasteiger partial charge in [0.1, 0.15) is 0 Å². The van der Waals surface area contributed by atoms with Crippen molar-refractivity contribution in [1.82, 2.24) is 4.90 Å². The van der Waals surface area contributed by atoms with E-state index in [0.29, 0.717) is 5.56 Å². The third-order valence-corrected chi connectivity index (χ3v) is 4.31. The second kappa shape index (κ2) is 6.93. The molecule has 0 spiro atoms. The zero-order chi connectivity index (χ0) is 13.7. The van der Waals surface area contributed by atoms with E-state index >= 15 is 0 Å². The molecule has 1 atom stereocenters. The number of carboxylic acids is 1. The van der Waals surface area contributed by atoms with E-state index in [9.17, 15) is 4.79 Å². The van der Waals surface area contributed by atoms with Crippen molar-refractivity contribution in [2.45, 2.75) is 17.9 Å². The summed E-state index contributed by atoms with van der Waals surface area (Å²) >= 11 is 1.66. The molecule has 0 aliphatic carbocycles. The van der Waals surface area contributed by atoms with Gasteiger partial charge in [-0.15, -0.1) is 11.8 Å². The van der Waals surface area contributed by atoms with Gasteiger partial charge in [0.15, 0.2) is 0 Å². The van der Waals surface area contributed by atoms with Crippen LogP contribution in [0.25, 0.3) is 0 Å². The third kappa shape index (κ3) is 4.23. The summed E-state index contributed by atoms with van der Waals surface area (Å²) in [5.74, 6) is -0.0203. The molecule has 1 aliphatic rings. The Kier molecular flexibility index (Phi) is 5.24. The number of benzene rings is 1. The van der Waals surface area contributed by atoms with Crippen molar-refractivity contribution >= 4 is 17.7 Å². The molecule has 1 aromatic rings. The van der Waals surface area contributed by atoms with E-state index in [1.165, 1.54) is 0 Å². The maximum absolute atomic E-state index is 10.9. The van der Waals surface area contributed by atoms with Crippen molar-refractivity contribution in [2.24, 2.45) is 0 Å². The van der Waals surface area contributed by atoms with Crippen LogP contribution in [0.3, 0.4) is 0 Å². The monoisotopic (exact) mass is 281 g/mol. The molecule has 4 nitrogen and oxygen atoms in total. The SMILES string of the molecule is CCN1CCOC(CSc2cccc(C(=O)O)c2)C1. The van der Waals surface area contributed by atoms with Gasteiger partial charge in [-0.1, -0.05) is 13.0 Å². The molecule has 1 aromatic carbocycles. The summed E-state index contributed by atoms with van der Waals surface area (Å²) < 4.78 is 5.73. The Morgan fingerprint density at radius 2 is 2.42 bits per heavy atom. The predicted octanol–water partition coefficient (Wildman–Crippen LogP) is 2.20. The van der Waals surface area contributed by atoms with Gasteiger partial charge in [-0.05, 0) is 24.7 Å². The highest BCUT2D eigenvalue weighted by Crippen LogP contribution is 2.22. The van der Waals surface area contributed by atoms with Gasteiger partial charge in [0.05, 0.1) is 18.3 Å². The molecule has 0 radical (unpaired) electrons. The highest BCUT2D eigenvalue weighted by Gasteiger charge is 2.19. The molecule has 1 aliphatic heterocycles. The van der Waals surface area contributed by atoms with Crippen LogP contribution in [0.1, 0.15) is 17.3 Å². The summed E-state index contributed by atoms with van der Waals surface area (Å²) in [6, 6.07) is 7.05. The summed E-state index contributed by atoms with van der Waals surface area (Å²) in [5, 5.41) is 8.95. The normalized spacial score (nSPS) is 20.4. The smallest absolute Gasteiger partial charge is 0.335 e. The Morgan fingerprint density at radius 1 is 1.58 bits per heavy atom. The molecule has 0 amide bonds. The van der Waals surface area contributed by atoms with Crippen LogP contribution in [0.5, 0.6) is 0 Å². The fourth-order valence-electron chi connectivity index (χ4n) is 2.08. The number of nitrogens with zero attached hydrogens (tertiary/aromatic N) is 1. The standard InChI is InChI=1S/C14H19NO3S/c1-2-15-6-7-18-12(9-15)10-19-13-5-3-4-11(8-13)14(16)17/h3-5,8,12H,2,6-7,9-10H2,1H3,(H,16,17). The first-order valence-electron chi connectivity index (χ1n) is 6.49. The van der Waals surface area contributed by atoms with Crippen molar-refractivity contribution in [2.75, 3.05) is 32.0 Å². The number of thioether (sulfide) groups is 1. The van der Waals surface area contributed by atoms with Crippen LogP contribution in [0.15, 0.2) is 29.2 Å². The average Bonchev–Trinajstić information content (AvgIpc) is 2.45. The first-order valence-corrected chi connectivity index (χ1v) is 7.47. The van der Waals surface area contributed by atoms with Crippen LogP contribution in [-0.2, 0) is 4.74 Å². The quantitative estimate of drug-likeness (QED) is 0.839. The first kappa shape index (κ1) is 14.4. The van der Waals surface area contributed by atoms with Crippen LogP contribution in [0.2, 0.25) is 0 Å². The number of rotatable bonds is 5. The second-order valence-corrected chi connectivity index (χ2v) is 5.62. The van der Waals surface area contributed by atoms with E-state index < -0.39 is 5.97 Å². The van der Waals surface area contributed by atoms with Gasteiger partial charge in [0, 0.05) is 23.7 Å². The second-order valence-electron chi connectivity index (χ2n) is 4.53. The lowest BCUT2D eigenvalue weighted by Gasteiger charge is -2.31. The zero-order valence-electron chi connectivity index (χ0n) is 11.0. The molecule has 1 N–H and O–H groups in total. The molecule has 104 valence electrons. The molecule has 19 heavy (non-hydrogen) atoms. The van der Waals surface area contributed by atoms with Crippen molar-refractivity contribution in [1.29, 1.82) is 0 Å². The summed E-state index contributed by atoms with van der Waals surface area (Å²) in [5.41, 5.74) is 0.338. The van der Waals surface area contributed by atoms with Crippen LogP contribution < -0.4 is 0 Å². The lowest BCUT2D eigenvalue weighted by atomic mass is 10.2. The largest absolute Gasteiger partial charge is 0.478 e. The lowest BCUT2D eigenvalue weighted by Crippen LogP contribution is -2.43. The predicted molar refractivity (Wildman–Crippen MR) is 76.0 cm³/mol. The van der Waals surface area contributed by atoms with Crippen LogP contribution >= 0.6 is 11.8 Å². The van der Waals surface area contributed by atoms with Gasteiger partial charge < -0.3 is 9.84 Å². The summed E-state index contributed by atoms with van der Waals surface area (Å²) in [7, 11) is 0. The van der Waals surface area contributed by atoms with Crippen LogP contribution in [-0.4, -0.2) is 54.1 Å². The Labute approximate surface area is 117 Å². The van der Waals surface area contributed by atoms with Crippen molar-refractivity contribution in [3.63, 3.8) is 0 Å². The Hall–Kier alpha value is -1.04. The maximum atomic E-state index is 10.9. The number of carboxylic acid groups (broad SMARTS) is 1. The lowest BCUT2D eigenvalue weighted by molar-refractivity contribution is -0.0137. The van der Waals surface area contributed by atoms with E-state index in [0.717, 1.165) is 36.9 Å². The van der Waals surface area contributed by atoms with Crippen molar-refractivity contribution in [3.05, 3.63) is 29.8 Å². The fourth-order valence-corrected chi connectivity index (χ4v) is 3.04. The number of aromatic carboxylic acids is 1. The van der Waals surface area contributed by atoms with Crippen LogP contribution in [0.4, 0.5) is 0 Å². The molecule has 2 rings (SSSR count). The van der Waals surface area contributed by atoms with E-state index in [4.69, 9.17) is 9.84 Å². The molecule has 0 saturated carbocycles. The molecular formula is C14H19NO3S. The van der Waals surface area contributed by atoms with Gasteiger partial charge >= 0.3 is 5.97 Å². The highest BCUT2D eigenvalue weighted by molar-refractivity contribution is 7.99.